The van der Waals surface area contributed by atoms with E-state index in [1.165, 1.54) is 11.7 Å². The van der Waals surface area contributed by atoms with Crippen molar-refractivity contribution >= 4 is 23.0 Å². The maximum Gasteiger partial charge on any atom is 0.418 e. The number of fused-ring (bicyclic) bond motifs is 1. The second-order valence-electron chi connectivity index (χ2n) is 6.60. The lowest BCUT2D eigenvalue weighted by atomic mass is 10.1. The first-order chi connectivity index (χ1) is 11.8. The van der Waals surface area contributed by atoms with Gasteiger partial charge in [0, 0.05) is 17.1 Å². The summed E-state index contributed by atoms with van der Waals surface area (Å²) in [5, 5.41) is 0.861. The zero-order valence-corrected chi connectivity index (χ0v) is 14.5. The summed E-state index contributed by atoms with van der Waals surface area (Å²) >= 11 is 0. The first-order valence-corrected chi connectivity index (χ1v) is 7.81. The first kappa shape index (κ1) is 16.8. The second-order valence-corrected chi connectivity index (χ2v) is 6.60. The van der Waals surface area contributed by atoms with Crippen molar-refractivity contribution in [2.45, 2.75) is 26.4 Å². The molecule has 1 aromatic carbocycles. The van der Waals surface area contributed by atoms with Gasteiger partial charge < -0.3 is 13.9 Å². The number of hydrogen-bond acceptors (Lipinski definition) is 5. The third-order valence-electron chi connectivity index (χ3n) is 3.56. The SMILES string of the molecule is COC(=O)c1ccc(-c2ccc3c(ccn3C(=O)OC(C)(C)C)c2)o1. The molecule has 0 radical (unpaired) electrons. The van der Waals surface area contributed by atoms with Gasteiger partial charge in [0.1, 0.15) is 11.4 Å². The van der Waals surface area contributed by atoms with E-state index in [9.17, 15) is 9.59 Å². The second kappa shape index (κ2) is 6.12. The Morgan fingerprint density at radius 2 is 1.84 bits per heavy atom. The zero-order chi connectivity index (χ0) is 18.2. The largest absolute Gasteiger partial charge is 0.463 e. The van der Waals surface area contributed by atoms with Crippen molar-refractivity contribution in [1.82, 2.24) is 4.57 Å². The first-order valence-electron chi connectivity index (χ1n) is 7.81. The fraction of sp³-hybridized carbons (Fsp3) is 0.263. The predicted molar refractivity (Wildman–Crippen MR) is 92.6 cm³/mol. The lowest BCUT2D eigenvalue weighted by molar-refractivity contribution is 0.0541. The van der Waals surface area contributed by atoms with Crippen LogP contribution in [0.3, 0.4) is 0 Å². The van der Waals surface area contributed by atoms with E-state index in [4.69, 9.17) is 9.15 Å². The monoisotopic (exact) mass is 341 g/mol. The van der Waals surface area contributed by atoms with Gasteiger partial charge in [-0.15, -0.1) is 0 Å². The van der Waals surface area contributed by atoms with Crippen molar-refractivity contribution in [3.63, 3.8) is 0 Å². The van der Waals surface area contributed by atoms with Crippen LogP contribution in [0, 0.1) is 0 Å². The molecule has 6 heteroatoms. The van der Waals surface area contributed by atoms with Gasteiger partial charge in [0.15, 0.2) is 0 Å². The number of ether oxygens (including phenoxy) is 2. The number of esters is 1. The van der Waals surface area contributed by atoms with Gasteiger partial charge in [0.25, 0.3) is 0 Å². The normalized spacial score (nSPS) is 11.5. The minimum absolute atomic E-state index is 0.143. The van der Waals surface area contributed by atoms with Crippen LogP contribution in [0.1, 0.15) is 31.3 Å². The predicted octanol–water partition coefficient (Wildman–Crippen LogP) is 4.47. The molecule has 0 atom stereocenters. The summed E-state index contributed by atoms with van der Waals surface area (Å²) in [6.07, 6.45) is 1.24. The molecule has 130 valence electrons. The van der Waals surface area contributed by atoms with Gasteiger partial charge in [-0.05, 0) is 57.2 Å². The van der Waals surface area contributed by atoms with E-state index in [0.717, 1.165) is 16.5 Å². The average Bonchev–Trinajstić information content (AvgIpc) is 3.18. The molecule has 0 unspecified atom stereocenters. The van der Waals surface area contributed by atoms with Gasteiger partial charge in [-0.1, -0.05) is 0 Å². The summed E-state index contributed by atoms with van der Waals surface area (Å²) in [5.74, 6) is 0.166. The number of rotatable bonds is 2. The van der Waals surface area contributed by atoms with E-state index >= 15 is 0 Å². The molecule has 25 heavy (non-hydrogen) atoms. The number of carbonyl (C=O) groups is 2. The van der Waals surface area contributed by atoms with Crippen LogP contribution in [0.25, 0.3) is 22.2 Å². The molecule has 6 nitrogen and oxygen atoms in total. The van der Waals surface area contributed by atoms with Crippen LogP contribution < -0.4 is 0 Å². The van der Waals surface area contributed by atoms with Gasteiger partial charge in [-0.3, -0.25) is 4.57 Å². The molecule has 0 N–H and O–H groups in total. The van der Waals surface area contributed by atoms with Crippen molar-refractivity contribution in [2.24, 2.45) is 0 Å². The van der Waals surface area contributed by atoms with Crippen LogP contribution in [0.2, 0.25) is 0 Å². The summed E-state index contributed by atoms with van der Waals surface area (Å²) in [6, 6.07) is 10.6. The highest BCUT2D eigenvalue weighted by atomic mass is 16.6. The molecule has 3 rings (SSSR count). The molecule has 0 aliphatic rings. The number of aromatic nitrogens is 1. The van der Waals surface area contributed by atoms with E-state index in [0.29, 0.717) is 5.76 Å². The molecule has 0 amide bonds. The summed E-state index contributed by atoms with van der Waals surface area (Å²) in [5.41, 5.74) is 0.967. The Morgan fingerprint density at radius 3 is 2.52 bits per heavy atom. The molecule has 0 spiro atoms. The standard InChI is InChI=1S/C19H19NO5/c1-19(2,3)25-18(22)20-10-9-12-11-13(5-6-14(12)20)15-7-8-16(24-15)17(21)23-4/h5-11H,1-4H3. The molecule has 3 aromatic rings. The molecule has 0 saturated heterocycles. The molecular formula is C19H19NO5. The van der Waals surface area contributed by atoms with Crippen LogP contribution in [0.15, 0.2) is 47.0 Å². The Bertz CT molecular complexity index is 942. The fourth-order valence-electron chi connectivity index (χ4n) is 2.47. The molecule has 0 fully saturated rings. The van der Waals surface area contributed by atoms with Gasteiger partial charge in [-0.2, -0.15) is 0 Å². The maximum atomic E-state index is 12.3. The van der Waals surface area contributed by atoms with Crippen molar-refractivity contribution < 1.29 is 23.5 Å². The zero-order valence-electron chi connectivity index (χ0n) is 14.5. The van der Waals surface area contributed by atoms with E-state index < -0.39 is 17.7 Å². The number of methoxy groups -OCH3 is 1. The number of hydrogen-bond donors (Lipinski definition) is 0. The van der Waals surface area contributed by atoms with Crippen LogP contribution in [-0.2, 0) is 9.47 Å². The van der Waals surface area contributed by atoms with Crippen molar-refractivity contribution in [3.8, 4) is 11.3 Å². The highest BCUT2D eigenvalue weighted by Crippen LogP contribution is 2.27. The number of carbonyl (C=O) groups excluding carboxylic acids is 2. The van der Waals surface area contributed by atoms with Crippen LogP contribution in [0.4, 0.5) is 4.79 Å². The summed E-state index contributed by atoms with van der Waals surface area (Å²) in [6.45, 7) is 5.47. The molecule has 0 aliphatic heterocycles. The lowest BCUT2D eigenvalue weighted by Gasteiger charge is -2.19. The summed E-state index contributed by atoms with van der Waals surface area (Å²) < 4.78 is 17.0. The molecular weight excluding hydrogens is 322 g/mol. The Kier molecular flexibility index (Phi) is 4.12. The highest BCUT2D eigenvalue weighted by Gasteiger charge is 2.19. The fourth-order valence-corrected chi connectivity index (χ4v) is 2.47. The average molecular weight is 341 g/mol. The van der Waals surface area contributed by atoms with E-state index in [1.807, 2.05) is 45.0 Å². The number of nitrogens with zero attached hydrogens (tertiary/aromatic N) is 1. The number of benzene rings is 1. The van der Waals surface area contributed by atoms with Crippen molar-refractivity contribution in [2.75, 3.05) is 7.11 Å². The van der Waals surface area contributed by atoms with Crippen LogP contribution in [-0.4, -0.2) is 29.3 Å². The van der Waals surface area contributed by atoms with Crippen molar-refractivity contribution in [3.05, 3.63) is 48.4 Å². The molecule has 0 bridgehead atoms. The Labute approximate surface area is 144 Å². The van der Waals surface area contributed by atoms with E-state index in [1.54, 1.807) is 18.3 Å². The Morgan fingerprint density at radius 1 is 1.08 bits per heavy atom. The smallest absolute Gasteiger partial charge is 0.418 e. The number of furan rings is 1. The third-order valence-corrected chi connectivity index (χ3v) is 3.56. The molecule has 0 aliphatic carbocycles. The minimum Gasteiger partial charge on any atom is -0.463 e. The molecule has 2 aromatic heterocycles. The van der Waals surface area contributed by atoms with Gasteiger partial charge in [-0.25, -0.2) is 9.59 Å². The summed E-state index contributed by atoms with van der Waals surface area (Å²) in [7, 11) is 1.30. The quantitative estimate of drug-likeness (QED) is 0.643. The van der Waals surface area contributed by atoms with Crippen LogP contribution >= 0.6 is 0 Å². The van der Waals surface area contributed by atoms with Gasteiger partial charge >= 0.3 is 12.1 Å². The Balaban J connectivity index is 1.93. The highest BCUT2D eigenvalue weighted by molar-refractivity contribution is 5.92. The lowest BCUT2D eigenvalue weighted by Crippen LogP contribution is -2.26. The Hall–Kier alpha value is -3.02. The third kappa shape index (κ3) is 3.42. The van der Waals surface area contributed by atoms with E-state index in [2.05, 4.69) is 4.74 Å². The van der Waals surface area contributed by atoms with E-state index in [-0.39, 0.29) is 5.76 Å². The van der Waals surface area contributed by atoms with Gasteiger partial charge in [0.05, 0.1) is 12.6 Å². The summed E-state index contributed by atoms with van der Waals surface area (Å²) in [4.78, 5) is 23.8. The van der Waals surface area contributed by atoms with Crippen LogP contribution in [0.5, 0.6) is 0 Å². The van der Waals surface area contributed by atoms with Crippen molar-refractivity contribution in [1.29, 1.82) is 0 Å². The topological polar surface area (TPSA) is 70.7 Å². The maximum absolute atomic E-state index is 12.3. The molecule has 0 saturated carbocycles. The minimum atomic E-state index is -0.563. The molecule has 2 heterocycles. The van der Waals surface area contributed by atoms with Gasteiger partial charge in [0.2, 0.25) is 5.76 Å².